The lowest BCUT2D eigenvalue weighted by molar-refractivity contribution is -0.131. The third-order valence-corrected chi connectivity index (χ3v) is 3.92. The van der Waals surface area contributed by atoms with Crippen molar-refractivity contribution in [3.63, 3.8) is 0 Å². The summed E-state index contributed by atoms with van der Waals surface area (Å²) in [5.41, 5.74) is 0.669. The number of fused-ring (bicyclic) bond motifs is 1. The van der Waals surface area contributed by atoms with E-state index in [9.17, 15) is 9.59 Å². The number of ether oxygens (including phenoxy) is 4. The van der Waals surface area contributed by atoms with Gasteiger partial charge in [-0.2, -0.15) is 0 Å². The minimum absolute atomic E-state index is 0.248. The van der Waals surface area contributed by atoms with Gasteiger partial charge >= 0.3 is 5.97 Å². The van der Waals surface area contributed by atoms with Gasteiger partial charge in [0.05, 0.1) is 21.3 Å². The van der Waals surface area contributed by atoms with Crippen molar-refractivity contribution in [3.05, 3.63) is 46.6 Å². The molecular formula is C20H18O7. The van der Waals surface area contributed by atoms with Crippen LogP contribution in [0.4, 0.5) is 0 Å². The standard InChI is InChI=1S/C20H18O7/c1-11(21)26-13-7-5-12(6-8-13)15-9-14(22)18-16(27-15)10-17(23-2)19(24-3)20(18)25-4/h5-10H,1-4H3. The molecule has 0 saturated carbocycles. The second kappa shape index (κ2) is 7.41. The van der Waals surface area contributed by atoms with Crippen LogP contribution in [-0.4, -0.2) is 27.3 Å². The maximum atomic E-state index is 12.7. The lowest BCUT2D eigenvalue weighted by Gasteiger charge is -2.14. The molecule has 0 atom stereocenters. The highest BCUT2D eigenvalue weighted by atomic mass is 16.5. The smallest absolute Gasteiger partial charge is 0.308 e. The zero-order valence-electron chi connectivity index (χ0n) is 15.3. The van der Waals surface area contributed by atoms with Gasteiger partial charge in [-0.3, -0.25) is 9.59 Å². The third-order valence-electron chi connectivity index (χ3n) is 3.92. The van der Waals surface area contributed by atoms with Crippen LogP contribution in [0.1, 0.15) is 6.92 Å². The van der Waals surface area contributed by atoms with Gasteiger partial charge in [-0.05, 0) is 24.3 Å². The van der Waals surface area contributed by atoms with Gasteiger partial charge in [-0.25, -0.2) is 0 Å². The van der Waals surface area contributed by atoms with Gasteiger partial charge in [-0.1, -0.05) is 0 Å². The molecule has 0 saturated heterocycles. The molecule has 140 valence electrons. The van der Waals surface area contributed by atoms with Crippen molar-refractivity contribution in [1.82, 2.24) is 0 Å². The summed E-state index contributed by atoms with van der Waals surface area (Å²) in [4.78, 5) is 23.7. The fourth-order valence-electron chi connectivity index (χ4n) is 2.78. The summed E-state index contributed by atoms with van der Waals surface area (Å²) in [7, 11) is 4.39. The van der Waals surface area contributed by atoms with Gasteiger partial charge in [0, 0.05) is 24.6 Å². The van der Waals surface area contributed by atoms with Gasteiger partial charge in [0.25, 0.3) is 0 Å². The zero-order valence-corrected chi connectivity index (χ0v) is 15.3. The molecule has 0 amide bonds. The van der Waals surface area contributed by atoms with E-state index in [-0.39, 0.29) is 16.6 Å². The molecule has 1 heterocycles. The summed E-state index contributed by atoms with van der Waals surface area (Å²) in [6.07, 6.45) is 0. The first-order valence-corrected chi connectivity index (χ1v) is 8.04. The van der Waals surface area contributed by atoms with E-state index in [1.807, 2.05) is 0 Å². The molecule has 7 heteroatoms. The molecule has 0 fully saturated rings. The molecule has 0 aliphatic carbocycles. The molecule has 3 aromatic rings. The van der Waals surface area contributed by atoms with Crippen LogP contribution in [0, 0.1) is 0 Å². The van der Waals surface area contributed by atoms with Crippen LogP contribution < -0.4 is 24.4 Å². The monoisotopic (exact) mass is 370 g/mol. The van der Waals surface area contributed by atoms with E-state index in [0.717, 1.165) is 0 Å². The first-order valence-electron chi connectivity index (χ1n) is 8.04. The van der Waals surface area contributed by atoms with Gasteiger partial charge in [0.15, 0.2) is 16.9 Å². The van der Waals surface area contributed by atoms with Crippen LogP contribution in [0.25, 0.3) is 22.3 Å². The second-order valence-electron chi connectivity index (χ2n) is 5.61. The maximum Gasteiger partial charge on any atom is 0.308 e. The molecule has 0 radical (unpaired) electrons. The topological polar surface area (TPSA) is 84.2 Å². The van der Waals surface area contributed by atoms with Crippen LogP contribution in [0.5, 0.6) is 23.0 Å². The van der Waals surface area contributed by atoms with Crippen LogP contribution in [-0.2, 0) is 4.79 Å². The largest absolute Gasteiger partial charge is 0.493 e. The number of esters is 1. The van der Waals surface area contributed by atoms with E-state index in [1.54, 1.807) is 30.3 Å². The molecule has 0 bridgehead atoms. The van der Waals surface area contributed by atoms with Gasteiger partial charge in [-0.15, -0.1) is 0 Å². The molecule has 1 aromatic heterocycles. The summed E-state index contributed by atoms with van der Waals surface area (Å²) >= 11 is 0. The molecule has 0 N–H and O–H groups in total. The highest BCUT2D eigenvalue weighted by Crippen LogP contribution is 2.42. The average Bonchev–Trinajstić information content (AvgIpc) is 2.66. The summed E-state index contributed by atoms with van der Waals surface area (Å²) < 4.78 is 26.9. The maximum absolute atomic E-state index is 12.7. The Hall–Kier alpha value is -3.48. The summed E-state index contributed by atoms with van der Waals surface area (Å²) in [6.45, 7) is 1.32. The van der Waals surface area contributed by atoms with Crippen molar-refractivity contribution < 1.29 is 28.2 Å². The fraction of sp³-hybridized carbons (Fsp3) is 0.200. The Morgan fingerprint density at radius 2 is 1.59 bits per heavy atom. The average molecular weight is 370 g/mol. The van der Waals surface area contributed by atoms with Crippen molar-refractivity contribution >= 4 is 16.9 Å². The second-order valence-corrected chi connectivity index (χ2v) is 5.61. The molecule has 0 aliphatic rings. The number of hydrogen-bond donors (Lipinski definition) is 0. The van der Waals surface area contributed by atoms with Gasteiger partial charge in [0.2, 0.25) is 5.75 Å². The number of carbonyl (C=O) groups excluding carboxylic acids is 1. The van der Waals surface area contributed by atoms with E-state index in [4.69, 9.17) is 23.4 Å². The number of carbonyl (C=O) groups is 1. The highest BCUT2D eigenvalue weighted by molar-refractivity contribution is 5.90. The van der Waals surface area contributed by atoms with Crippen molar-refractivity contribution in [2.75, 3.05) is 21.3 Å². The lowest BCUT2D eigenvalue weighted by Crippen LogP contribution is -2.05. The lowest BCUT2D eigenvalue weighted by atomic mass is 10.1. The van der Waals surface area contributed by atoms with E-state index < -0.39 is 5.97 Å². The number of rotatable bonds is 5. The van der Waals surface area contributed by atoms with Crippen LogP contribution in [0.2, 0.25) is 0 Å². The zero-order chi connectivity index (χ0) is 19.6. The minimum atomic E-state index is -0.409. The Bertz CT molecular complexity index is 1050. The Morgan fingerprint density at radius 3 is 2.15 bits per heavy atom. The quantitative estimate of drug-likeness (QED) is 0.503. The molecule has 2 aromatic carbocycles. The van der Waals surface area contributed by atoms with Crippen LogP contribution in [0.15, 0.2) is 45.6 Å². The Labute approximate surface area is 155 Å². The predicted molar refractivity (Wildman–Crippen MR) is 98.9 cm³/mol. The minimum Gasteiger partial charge on any atom is -0.493 e. The molecule has 27 heavy (non-hydrogen) atoms. The van der Waals surface area contributed by atoms with E-state index >= 15 is 0 Å². The van der Waals surface area contributed by atoms with Gasteiger partial charge in [0.1, 0.15) is 22.5 Å². The van der Waals surface area contributed by atoms with Crippen molar-refractivity contribution in [2.45, 2.75) is 6.92 Å². The van der Waals surface area contributed by atoms with E-state index in [1.165, 1.54) is 34.3 Å². The van der Waals surface area contributed by atoms with Crippen molar-refractivity contribution in [2.24, 2.45) is 0 Å². The number of hydrogen-bond acceptors (Lipinski definition) is 7. The van der Waals surface area contributed by atoms with Gasteiger partial charge < -0.3 is 23.4 Å². The van der Waals surface area contributed by atoms with Crippen molar-refractivity contribution in [1.29, 1.82) is 0 Å². The summed E-state index contributed by atoms with van der Waals surface area (Å²) in [5, 5.41) is 0.260. The van der Waals surface area contributed by atoms with Crippen LogP contribution in [0.3, 0.4) is 0 Å². The summed E-state index contributed by atoms with van der Waals surface area (Å²) in [5.74, 6) is 1.30. The Morgan fingerprint density at radius 1 is 0.926 bits per heavy atom. The third kappa shape index (κ3) is 3.44. The number of benzene rings is 2. The van der Waals surface area contributed by atoms with Crippen LogP contribution >= 0.6 is 0 Å². The SMILES string of the molecule is COc1cc2oc(-c3ccc(OC(C)=O)cc3)cc(=O)c2c(OC)c1OC. The highest BCUT2D eigenvalue weighted by Gasteiger charge is 2.20. The Balaban J connectivity index is 2.17. The van der Waals surface area contributed by atoms with Crippen molar-refractivity contribution in [3.8, 4) is 34.3 Å². The normalized spacial score (nSPS) is 10.5. The molecule has 0 unspecified atom stereocenters. The first kappa shape index (κ1) is 18.3. The molecule has 0 aliphatic heterocycles. The number of methoxy groups -OCH3 is 3. The fourth-order valence-corrected chi connectivity index (χ4v) is 2.78. The molecule has 3 rings (SSSR count). The van der Waals surface area contributed by atoms with E-state index in [0.29, 0.717) is 34.2 Å². The molecular weight excluding hydrogens is 352 g/mol. The predicted octanol–water partition coefficient (Wildman–Crippen LogP) is 3.41. The van der Waals surface area contributed by atoms with E-state index in [2.05, 4.69) is 0 Å². The Kier molecular flexibility index (Phi) is 5.03. The molecule has 0 spiro atoms. The summed E-state index contributed by atoms with van der Waals surface area (Å²) in [6, 6.07) is 9.58. The first-order chi connectivity index (χ1) is 13.0. The molecule has 7 nitrogen and oxygen atoms in total.